The van der Waals surface area contributed by atoms with Crippen LogP contribution in [-0.4, -0.2) is 86.1 Å². The third-order valence-corrected chi connectivity index (χ3v) is 6.90. The predicted molar refractivity (Wildman–Crippen MR) is 122 cm³/mol. The van der Waals surface area contributed by atoms with E-state index in [4.69, 9.17) is 0 Å². The maximum atomic E-state index is 4.60. The van der Waals surface area contributed by atoms with Crippen LogP contribution in [0.5, 0.6) is 0 Å². The molecule has 3 fully saturated rings. The highest BCUT2D eigenvalue weighted by Crippen LogP contribution is 2.43. The van der Waals surface area contributed by atoms with E-state index in [0.29, 0.717) is 11.5 Å². The number of likely N-dealkylation sites (tertiary alicyclic amines) is 1. The molecule has 0 aromatic carbocycles. The molecule has 0 amide bonds. The summed E-state index contributed by atoms with van der Waals surface area (Å²) in [4.78, 5) is 12.3. The summed E-state index contributed by atoms with van der Waals surface area (Å²) in [5, 5.41) is 3.68. The second-order valence-electron chi connectivity index (χ2n) is 8.48. The number of nitrogens with zero attached hydrogens (tertiary/aromatic N) is 4. The van der Waals surface area contributed by atoms with Gasteiger partial charge in [0.1, 0.15) is 0 Å². The number of piperazine rings is 1. The van der Waals surface area contributed by atoms with Crippen molar-refractivity contribution in [3.05, 3.63) is 0 Å². The van der Waals surface area contributed by atoms with Gasteiger partial charge in [-0.3, -0.25) is 9.89 Å². The highest BCUT2D eigenvalue weighted by Gasteiger charge is 2.39. The van der Waals surface area contributed by atoms with Crippen LogP contribution in [0.4, 0.5) is 0 Å². The summed E-state index contributed by atoms with van der Waals surface area (Å²) in [6.45, 7) is 14.0. The third-order valence-electron chi connectivity index (χ3n) is 6.90. The minimum Gasteiger partial charge on any atom is -0.355 e. The predicted octanol–water partition coefficient (Wildman–Crippen LogP) is 2.86. The first-order valence-electron chi connectivity index (χ1n) is 10.6. The summed E-state index contributed by atoms with van der Waals surface area (Å²) < 4.78 is 0. The minimum absolute atomic E-state index is 0. The van der Waals surface area contributed by atoms with Gasteiger partial charge in [-0.15, -0.1) is 24.0 Å². The summed E-state index contributed by atoms with van der Waals surface area (Å²) in [7, 11) is 1.94. The monoisotopic (exact) mass is 477 g/mol. The maximum Gasteiger partial charge on any atom is 0.193 e. The summed E-state index contributed by atoms with van der Waals surface area (Å²) >= 11 is 0. The van der Waals surface area contributed by atoms with Gasteiger partial charge in [0.05, 0.1) is 0 Å². The highest BCUT2D eigenvalue weighted by molar-refractivity contribution is 14.0. The Morgan fingerprint density at radius 3 is 2.35 bits per heavy atom. The number of halogens is 1. The molecule has 0 aromatic heterocycles. The average Bonchev–Trinajstić information content (AvgIpc) is 3.06. The standard InChI is InChI=1S/C20H39N5.HI/c1-4-23-12-14-24(15-13-23)18(2)16-22-19(21-3)25-11-10-20(17-25)8-6-5-7-9-20;/h18H,4-17H2,1-3H3,(H,21,22);1H. The lowest BCUT2D eigenvalue weighted by atomic mass is 9.73. The molecule has 2 heterocycles. The van der Waals surface area contributed by atoms with Gasteiger partial charge >= 0.3 is 0 Å². The maximum absolute atomic E-state index is 4.60. The number of rotatable bonds is 4. The summed E-state index contributed by atoms with van der Waals surface area (Å²) in [6.07, 6.45) is 8.53. The van der Waals surface area contributed by atoms with E-state index in [2.05, 4.69) is 38.9 Å². The van der Waals surface area contributed by atoms with Gasteiger partial charge in [0.25, 0.3) is 0 Å². The molecule has 1 aliphatic carbocycles. The zero-order valence-corrected chi connectivity index (χ0v) is 19.5. The molecule has 1 atom stereocenters. The van der Waals surface area contributed by atoms with E-state index >= 15 is 0 Å². The molecule has 0 bridgehead atoms. The van der Waals surface area contributed by atoms with E-state index in [0.717, 1.165) is 12.5 Å². The smallest absolute Gasteiger partial charge is 0.193 e. The zero-order chi connectivity index (χ0) is 17.7. The molecule has 1 spiro atoms. The van der Waals surface area contributed by atoms with Crippen molar-refractivity contribution in [3.63, 3.8) is 0 Å². The SMILES string of the molecule is CCN1CCN(C(C)CNC(=NC)N2CCC3(CCCCC3)C2)CC1.I. The van der Waals surface area contributed by atoms with Crippen molar-refractivity contribution in [2.75, 3.05) is 59.4 Å². The molecule has 0 radical (unpaired) electrons. The van der Waals surface area contributed by atoms with Crippen LogP contribution >= 0.6 is 24.0 Å². The van der Waals surface area contributed by atoms with E-state index in [1.807, 2.05) is 7.05 Å². The van der Waals surface area contributed by atoms with Gasteiger partial charge in [0, 0.05) is 58.9 Å². The van der Waals surface area contributed by atoms with Crippen LogP contribution in [0.15, 0.2) is 4.99 Å². The van der Waals surface area contributed by atoms with Crippen molar-refractivity contribution < 1.29 is 0 Å². The molecular weight excluding hydrogens is 437 g/mol. The lowest BCUT2D eigenvalue weighted by Crippen LogP contribution is -2.53. The van der Waals surface area contributed by atoms with Crippen LogP contribution in [0, 0.1) is 5.41 Å². The number of likely N-dealkylation sites (N-methyl/N-ethyl adjacent to an activating group) is 1. The van der Waals surface area contributed by atoms with Gasteiger partial charge < -0.3 is 15.1 Å². The molecule has 0 aromatic rings. The summed E-state index contributed by atoms with van der Waals surface area (Å²) in [5.74, 6) is 1.13. The molecule has 152 valence electrons. The van der Waals surface area contributed by atoms with Crippen molar-refractivity contribution in [1.29, 1.82) is 0 Å². The molecule has 5 nitrogen and oxygen atoms in total. The molecule has 2 saturated heterocycles. The van der Waals surface area contributed by atoms with Gasteiger partial charge in [0.15, 0.2) is 5.96 Å². The zero-order valence-electron chi connectivity index (χ0n) is 17.2. The normalized spacial score (nSPS) is 26.0. The lowest BCUT2D eigenvalue weighted by molar-refractivity contribution is 0.107. The number of hydrogen-bond donors (Lipinski definition) is 1. The van der Waals surface area contributed by atoms with Gasteiger partial charge in [-0.25, -0.2) is 0 Å². The first-order chi connectivity index (χ1) is 12.2. The van der Waals surface area contributed by atoms with Gasteiger partial charge in [-0.1, -0.05) is 26.2 Å². The van der Waals surface area contributed by atoms with Gasteiger partial charge in [-0.2, -0.15) is 0 Å². The van der Waals surface area contributed by atoms with Gasteiger partial charge in [0.2, 0.25) is 0 Å². The van der Waals surface area contributed by atoms with Crippen LogP contribution in [0.1, 0.15) is 52.4 Å². The topological polar surface area (TPSA) is 34.1 Å². The van der Waals surface area contributed by atoms with Crippen LogP contribution < -0.4 is 5.32 Å². The quantitative estimate of drug-likeness (QED) is 0.384. The molecule has 1 N–H and O–H groups in total. The minimum atomic E-state index is 0. The molecule has 26 heavy (non-hydrogen) atoms. The molecule has 2 aliphatic heterocycles. The Balaban J connectivity index is 0.00000243. The average molecular weight is 477 g/mol. The van der Waals surface area contributed by atoms with Gasteiger partial charge in [-0.05, 0) is 38.1 Å². The second-order valence-corrected chi connectivity index (χ2v) is 8.48. The fourth-order valence-corrected chi connectivity index (χ4v) is 5.05. The number of hydrogen-bond acceptors (Lipinski definition) is 3. The Labute approximate surface area is 178 Å². The first-order valence-corrected chi connectivity index (χ1v) is 10.6. The van der Waals surface area contributed by atoms with E-state index in [9.17, 15) is 0 Å². The molecular formula is C20H40IN5. The number of guanidine groups is 1. The van der Waals surface area contributed by atoms with Crippen molar-refractivity contribution in [3.8, 4) is 0 Å². The first kappa shape index (κ1) is 22.2. The summed E-state index contributed by atoms with van der Waals surface area (Å²) in [6, 6.07) is 0.571. The second kappa shape index (κ2) is 10.5. The molecule has 1 saturated carbocycles. The van der Waals surface area contributed by atoms with E-state index in [1.165, 1.54) is 84.3 Å². The van der Waals surface area contributed by atoms with Crippen molar-refractivity contribution in [1.82, 2.24) is 20.0 Å². The largest absolute Gasteiger partial charge is 0.355 e. The van der Waals surface area contributed by atoms with Crippen molar-refractivity contribution in [2.24, 2.45) is 10.4 Å². The van der Waals surface area contributed by atoms with E-state index in [-0.39, 0.29) is 24.0 Å². The van der Waals surface area contributed by atoms with Crippen LogP contribution in [0.25, 0.3) is 0 Å². The Hall–Kier alpha value is -0.0800. The lowest BCUT2D eigenvalue weighted by Gasteiger charge is -2.38. The Morgan fingerprint density at radius 2 is 1.73 bits per heavy atom. The highest BCUT2D eigenvalue weighted by atomic mass is 127. The van der Waals surface area contributed by atoms with Crippen LogP contribution in [0.2, 0.25) is 0 Å². The molecule has 3 rings (SSSR count). The Morgan fingerprint density at radius 1 is 1.04 bits per heavy atom. The van der Waals surface area contributed by atoms with Crippen LogP contribution in [0.3, 0.4) is 0 Å². The van der Waals surface area contributed by atoms with Crippen molar-refractivity contribution >= 4 is 29.9 Å². The number of nitrogens with one attached hydrogen (secondary N) is 1. The number of aliphatic imine (C=N–C) groups is 1. The molecule has 6 heteroatoms. The summed E-state index contributed by atoms with van der Waals surface area (Å²) in [5.41, 5.74) is 0.595. The van der Waals surface area contributed by atoms with Crippen LogP contribution in [-0.2, 0) is 0 Å². The van der Waals surface area contributed by atoms with Crippen molar-refractivity contribution in [2.45, 2.75) is 58.4 Å². The third kappa shape index (κ3) is 5.47. The molecule has 3 aliphatic rings. The Kier molecular flexibility index (Phi) is 8.94. The fraction of sp³-hybridized carbons (Fsp3) is 0.950. The fourth-order valence-electron chi connectivity index (χ4n) is 5.05. The molecule has 1 unspecified atom stereocenters. The van der Waals surface area contributed by atoms with E-state index < -0.39 is 0 Å². The van der Waals surface area contributed by atoms with E-state index in [1.54, 1.807) is 0 Å². The Bertz CT molecular complexity index is 441.